The molecule has 1 heterocycles. The first kappa shape index (κ1) is 25.4. The molecule has 9 nitrogen and oxygen atoms in total. The number of nitrogens with zero attached hydrogens (tertiary/aromatic N) is 3. The van der Waals surface area contributed by atoms with E-state index in [0.717, 1.165) is 33.6 Å². The van der Waals surface area contributed by atoms with Gasteiger partial charge in [0.15, 0.2) is 12.4 Å². The van der Waals surface area contributed by atoms with Gasteiger partial charge in [0.1, 0.15) is 17.2 Å². The summed E-state index contributed by atoms with van der Waals surface area (Å²) in [6.45, 7) is 9.91. The molecule has 4 rings (SSSR count). The van der Waals surface area contributed by atoms with Gasteiger partial charge >= 0.3 is 0 Å². The highest BCUT2D eigenvalue weighted by atomic mass is 16.6. The molecule has 0 atom stereocenters. The van der Waals surface area contributed by atoms with E-state index in [0.29, 0.717) is 5.75 Å². The van der Waals surface area contributed by atoms with E-state index in [2.05, 4.69) is 10.4 Å². The Morgan fingerprint density at radius 3 is 2.46 bits per heavy atom. The van der Waals surface area contributed by atoms with Gasteiger partial charge in [-0.15, -0.1) is 0 Å². The number of rotatable bonds is 8. The molecular formula is C28H28N4O5. The van der Waals surface area contributed by atoms with Crippen molar-refractivity contribution in [2.24, 2.45) is 0 Å². The Labute approximate surface area is 214 Å². The highest BCUT2D eigenvalue weighted by Gasteiger charge is 2.16. The Bertz CT molecular complexity index is 1490. The second kappa shape index (κ2) is 10.5. The second-order valence-electron chi connectivity index (χ2n) is 9.02. The van der Waals surface area contributed by atoms with Crippen LogP contribution in [0.5, 0.6) is 17.2 Å². The molecule has 0 fully saturated rings. The Morgan fingerprint density at radius 2 is 1.70 bits per heavy atom. The summed E-state index contributed by atoms with van der Waals surface area (Å²) < 4.78 is 13.3. The minimum Gasteiger partial charge on any atom is -0.471 e. The van der Waals surface area contributed by atoms with E-state index in [9.17, 15) is 14.9 Å². The van der Waals surface area contributed by atoms with Crippen LogP contribution in [0, 0.1) is 44.7 Å². The summed E-state index contributed by atoms with van der Waals surface area (Å²) in [5.41, 5.74) is 5.21. The molecule has 0 aliphatic heterocycles. The Kier molecular flexibility index (Phi) is 7.24. The maximum absolute atomic E-state index is 12.9. The number of nitrogens with one attached hydrogen (secondary N) is 1. The second-order valence-corrected chi connectivity index (χ2v) is 9.02. The lowest BCUT2D eigenvalue weighted by Crippen LogP contribution is -2.14. The predicted molar refractivity (Wildman–Crippen MR) is 141 cm³/mol. The fourth-order valence-corrected chi connectivity index (χ4v) is 3.80. The number of hydrogen-bond acceptors (Lipinski definition) is 6. The molecule has 3 aromatic carbocycles. The standard InChI is InChI=1S/C28H28N4O5/c1-17-6-7-19(3)26(11-17)36-16-31-9-8-25(30-31)28(33)29-22-13-23(32(34)35)15-24(14-22)37-27-12-18(2)10-20(4)21(27)5/h6-15H,16H2,1-5H3,(H,29,33). The number of non-ortho nitro benzene ring substituents is 1. The topological polar surface area (TPSA) is 109 Å². The van der Waals surface area contributed by atoms with Crippen LogP contribution in [-0.4, -0.2) is 20.6 Å². The molecule has 0 spiro atoms. The number of carbonyl (C=O) groups is 1. The van der Waals surface area contributed by atoms with Gasteiger partial charge in [-0.3, -0.25) is 14.9 Å². The van der Waals surface area contributed by atoms with E-state index in [-0.39, 0.29) is 29.5 Å². The van der Waals surface area contributed by atoms with Gasteiger partial charge in [0, 0.05) is 18.3 Å². The van der Waals surface area contributed by atoms with Crippen molar-refractivity contribution < 1.29 is 19.2 Å². The number of ether oxygens (including phenoxy) is 2. The zero-order valence-corrected chi connectivity index (χ0v) is 21.4. The van der Waals surface area contributed by atoms with Crippen LogP contribution < -0.4 is 14.8 Å². The first-order valence-electron chi connectivity index (χ1n) is 11.7. The van der Waals surface area contributed by atoms with E-state index in [1.54, 1.807) is 18.3 Å². The van der Waals surface area contributed by atoms with Crippen LogP contribution in [0.4, 0.5) is 11.4 Å². The summed E-state index contributed by atoms with van der Waals surface area (Å²) >= 11 is 0. The first-order chi connectivity index (χ1) is 17.6. The minimum absolute atomic E-state index is 0.127. The third-order valence-corrected chi connectivity index (χ3v) is 5.92. The molecule has 1 aromatic heterocycles. The Balaban J connectivity index is 1.50. The largest absolute Gasteiger partial charge is 0.471 e. The number of nitro benzene ring substituents is 1. The molecule has 0 unspecified atom stereocenters. The molecule has 0 bridgehead atoms. The first-order valence-corrected chi connectivity index (χ1v) is 11.7. The van der Waals surface area contributed by atoms with Crippen molar-refractivity contribution in [1.29, 1.82) is 0 Å². The number of benzene rings is 3. The van der Waals surface area contributed by atoms with Crippen molar-refractivity contribution >= 4 is 17.3 Å². The average Bonchev–Trinajstić information content (AvgIpc) is 3.32. The fourth-order valence-electron chi connectivity index (χ4n) is 3.80. The lowest BCUT2D eigenvalue weighted by atomic mass is 10.1. The van der Waals surface area contributed by atoms with Crippen molar-refractivity contribution in [2.45, 2.75) is 41.3 Å². The molecule has 1 N–H and O–H groups in total. The van der Waals surface area contributed by atoms with Gasteiger partial charge in [0.25, 0.3) is 11.6 Å². The molecule has 0 saturated heterocycles. The van der Waals surface area contributed by atoms with Crippen molar-refractivity contribution in [3.8, 4) is 17.2 Å². The summed E-state index contributed by atoms with van der Waals surface area (Å²) in [5, 5.41) is 18.5. The van der Waals surface area contributed by atoms with Crippen LogP contribution in [0.15, 0.2) is 60.8 Å². The van der Waals surface area contributed by atoms with Crippen LogP contribution in [0.3, 0.4) is 0 Å². The maximum atomic E-state index is 12.9. The fraction of sp³-hybridized carbons (Fsp3) is 0.214. The average molecular weight is 501 g/mol. The lowest BCUT2D eigenvalue weighted by molar-refractivity contribution is -0.384. The third kappa shape index (κ3) is 6.13. The van der Waals surface area contributed by atoms with Crippen molar-refractivity contribution in [2.75, 3.05) is 5.32 Å². The number of aromatic nitrogens is 2. The quantitative estimate of drug-likeness (QED) is 0.221. The Morgan fingerprint density at radius 1 is 0.946 bits per heavy atom. The zero-order valence-electron chi connectivity index (χ0n) is 21.4. The molecule has 190 valence electrons. The summed E-state index contributed by atoms with van der Waals surface area (Å²) in [6, 6.07) is 15.5. The van der Waals surface area contributed by atoms with E-state index in [4.69, 9.17) is 9.47 Å². The smallest absolute Gasteiger partial charge is 0.276 e. The Hall–Kier alpha value is -4.66. The van der Waals surface area contributed by atoms with Crippen LogP contribution in [0.2, 0.25) is 0 Å². The molecule has 0 aliphatic rings. The van der Waals surface area contributed by atoms with Gasteiger partial charge in [0.2, 0.25) is 0 Å². The SMILES string of the molecule is Cc1ccc(C)c(OCn2ccc(C(=O)Nc3cc(Oc4cc(C)cc(C)c4C)cc([N+](=O)[O-])c3)n2)c1. The summed E-state index contributed by atoms with van der Waals surface area (Å²) in [4.78, 5) is 23.9. The van der Waals surface area contributed by atoms with Gasteiger partial charge in [-0.05, 0) is 80.6 Å². The number of nitro groups is 1. The summed E-state index contributed by atoms with van der Waals surface area (Å²) in [6.07, 6.45) is 1.63. The highest BCUT2D eigenvalue weighted by Crippen LogP contribution is 2.33. The molecule has 37 heavy (non-hydrogen) atoms. The molecule has 4 aromatic rings. The van der Waals surface area contributed by atoms with Gasteiger partial charge in [-0.2, -0.15) is 5.10 Å². The lowest BCUT2D eigenvalue weighted by Gasteiger charge is -2.13. The zero-order chi connectivity index (χ0) is 26.7. The van der Waals surface area contributed by atoms with Crippen LogP contribution in [0.25, 0.3) is 0 Å². The van der Waals surface area contributed by atoms with E-state index >= 15 is 0 Å². The monoisotopic (exact) mass is 500 g/mol. The molecule has 9 heteroatoms. The summed E-state index contributed by atoms with van der Waals surface area (Å²) in [7, 11) is 0. The van der Waals surface area contributed by atoms with Gasteiger partial charge in [0.05, 0.1) is 16.7 Å². The normalized spacial score (nSPS) is 10.7. The van der Waals surface area contributed by atoms with E-state index in [1.807, 2.05) is 65.0 Å². The number of hydrogen-bond donors (Lipinski definition) is 1. The van der Waals surface area contributed by atoms with Crippen LogP contribution >= 0.6 is 0 Å². The third-order valence-electron chi connectivity index (χ3n) is 5.92. The van der Waals surface area contributed by atoms with Gasteiger partial charge in [-0.25, -0.2) is 4.68 Å². The maximum Gasteiger partial charge on any atom is 0.276 e. The highest BCUT2D eigenvalue weighted by molar-refractivity contribution is 6.03. The summed E-state index contributed by atoms with van der Waals surface area (Å²) in [5.74, 6) is 1.06. The molecule has 0 radical (unpaired) electrons. The number of amides is 1. The molecule has 1 amide bonds. The molecule has 0 aliphatic carbocycles. The number of aryl methyl sites for hydroxylation is 4. The van der Waals surface area contributed by atoms with Crippen molar-refractivity contribution in [3.63, 3.8) is 0 Å². The van der Waals surface area contributed by atoms with Crippen LogP contribution in [-0.2, 0) is 6.73 Å². The van der Waals surface area contributed by atoms with E-state index in [1.165, 1.54) is 16.8 Å². The van der Waals surface area contributed by atoms with Crippen LogP contribution in [0.1, 0.15) is 38.3 Å². The number of anilines is 1. The van der Waals surface area contributed by atoms with Gasteiger partial charge < -0.3 is 14.8 Å². The van der Waals surface area contributed by atoms with E-state index < -0.39 is 10.8 Å². The number of carbonyl (C=O) groups excluding carboxylic acids is 1. The van der Waals surface area contributed by atoms with Gasteiger partial charge in [-0.1, -0.05) is 18.2 Å². The predicted octanol–water partition coefficient (Wildman–Crippen LogP) is 6.41. The molecular weight excluding hydrogens is 472 g/mol. The van der Waals surface area contributed by atoms with Crippen molar-refractivity contribution in [1.82, 2.24) is 9.78 Å². The van der Waals surface area contributed by atoms with Crippen molar-refractivity contribution in [3.05, 3.63) is 104 Å². The molecule has 0 saturated carbocycles. The minimum atomic E-state index is -0.532.